The van der Waals surface area contributed by atoms with Crippen molar-refractivity contribution < 1.29 is 14.7 Å². The Hall–Kier alpha value is -2.41. The standard InChI is InChI=1S/C17H21ClN4O3/c1-2-14-16(17(25)19-10-5-3-4-9-15(23)24)20-21-22(14)13-8-6-7-12(18)11-13/h6-8,11H,2-5,9-10H2,1H3,(H,19,25)(H,23,24). The van der Waals surface area contributed by atoms with Gasteiger partial charge in [0.2, 0.25) is 0 Å². The first-order valence-electron chi connectivity index (χ1n) is 8.23. The lowest BCUT2D eigenvalue weighted by molar-refractivity contribution is -0.137. The zero-order valence-electron chi connectivity index (χ0n) is 14.0. The minimum Gasteiger partial charge on any atom is -0.481 e. The molecular weight excluding hydrogens is 344 g/mol. The molecule has 0 saturated carbocycles. The van der Waals surface area contributed by atoms with E-state index in [0.29, 0.717) is 35.8 Å². The fraction of sp³-hybridized carbons (Fsp3) is 0.412. The molecule has 1 amide bonds. The number of benzene rings is 1. The molecule has 2 N–H and O–H groups in total. The van der Waals surface area contributed by atoms with Crippen LogP contribution < -0.4 is 5.32 Å². The van der Waals surface area contributed by atoms with Gasteiger partial charge >= 0.3 is 5.97 Å². The van der Waals surface area contributed by atoms with E-state index < -0.39 is 5.97 Å². The second kappa shape index (κ2) is 9.17. The number of halogens is 1. The number of carboxylic acid groups (broad SMARTS) is 1. The average molecular weight is 365 g/mol. The number of aliphatic carboxylic acids is 1. The van der Waals surface area contributed by atoms with E-state index in [4.69, 9.17) is 16.7 Å². The third kappa shape index (κ3) is 5.29. The lowest BCUT2D eigenvalue weighted by atomic mass is 10.2. The molecule has 2 rings (SSSR count). The van der Waals surface area contributed by atoms with Gasteiger partial charge in [0, 0.05) is 18.0 Å². The summed E-state index contributed by atoms with van der Waals surface area (Å²) in [6, 6.07) is 7.20. The summed E-state index contributed by atoms with van der Waals surface area (Å²) < 4.78 is 1.62. The molecule has 0 aliphatic rings. The summed E-state index contributed by atoms with van der Waals surface area (Å²) in [6.07, 6.45) is 2.84. The normalized spacial score (nSPS) is 10.6. The Balaban J connectivity index is 1.97. The van der Waals surface area contributed by atoms with Crippen molar-refractivity contribution in [1.29, 1.82) is 0 Å². The molecule has 134 valence electrons. The second-order valence-corrected chi connectivity index (χ2v) is 6.03. The molecule has 0 aliphatic heterocycles. The largest absolute Gasteiger partial charge is 0.481 e. The van der Waals surface area contributed by atoms with Crippen molar-refractivity contribution in [2.45, 2.75) is 39.0 Å². The highest BCUT2D eigenvalue weighted by Crippen LogP contribution is 2.17. The van der Waals surface area contributed by atoms with E-state index in [-0.39, 0.29) is 12.3 Å². The highest BCUT2D eigenvalue weighted by atomic mass is 35.5. The second-order valence-electron chi connectivity index (χ2n) is 5.59. The van der Waals surface area contributed by atoms with Gasteiger partial charge in [0.1, 0.15) is 0 Å². The Bertz CT molecular complexity index is 745. The van der Waals surface area contributed by atoms with Crippen LogP contribution in [0.15, 0.2) is 24.3 Å². The molecule has 8 heteroatoms. The van der Waals surface area contributed by atoms with Crippen molar-refractivity contribution in [1.82, 2.24) is 20.3 Å². The van der Waals surface area contributed by atoms with E-state index >= 15 is 0 Å². The number of carbonyl (C=O) groups is 2. The number of carboxylic acids is 1. The van der Waals surface area contributed by atoms with Crippen molar-refractivity contribution in [3.8, 4) is 5.69 Å². The molecule has 1 heterocycles. The third-order valence-electron chi connectivity index (χ3n) is 3.72. The van der Waals surface area contributed by atoms with Crippen LogP contribution in [-0.4, -0.2) is 38.5 Å². The van der Waals surface area contributed by atoms with Crippen LogP contribution >= 0.6 is 11.6 Å². The first-order valence-corrected chi connectivity index (χ1v) is 8.61. The van der Waals surface area contributed by atoms with Gasteiger partial charge in [0.05, 0.1) is 11.4 Å². The lowest BCUT2D eigenvalue weighted by Crippen LogP contribution is -2.26. The summed E-state index contributed by atoms with van der Waals surface area (Å²) in [5.41, 5.74) is 1.77. The molecule has 1 aromatic carbocycles. The number of aromatic nitrogens is 3. The number of hydrogen-bond donors (Lipinski definition) is 2. The Labute approximate surface area is 151 Å². The summed E-state index contributed by atoms with van der Waals surface area (Å²) in [4.78, 5) is 22.8. The fourth-order valence-corrected chi connectivity index (χ4v) is 2.66. The van der Waals surface area contributed by atoms with Gasteiger partial charge in [-0.3, -0.25) is 9.59 Å². The molecule has 0 radical (unpaired) electrons. The molecule has 0 atom stereocenters. The van der Waals surface area contributed by atoms with Crippen LogP contribution in [0.4, 0.5) is 0 Å². The number of amides is 1. The molecule has 0 fully saturated rings. The Kier molecular flexibility index (Phi) is 6.94. The molecule has 1 aromatic heterocycles. The van der Waals surface area contributed by atoms with E-state index in [1.54, 1.807) is 16.8 Å². The molecule has 0 spiro atoms. The summed E-state index contributed by atoms with van der Waals surface area (Å²) in [5, 5.41) is 20.1. The molecule has 25 heavy (non-hydrogen) atoms. The Morgan fingerprint density at radius 3 is 2.76 bits per heavy atom. The summed E-state index contributed by atoms with van der Waals surface area (Å²) >= 11 is 6.01. The topological polar surface area (TPSA) is 97.1 Å². The van der Waals surface area contributed by atoms with Gasteiger partial charge in [-0.25, -0.2) is 4.68 Å². The van der Waals surface area contributed by atoms with Gasteiger partial charge in [-0.2, -0.15) is 0 Å². The summed E-state index contributed by atoms with van der Waals surface area (Å²) in [5.74, 6) is -1.07. The van der Waals surface area contributed by atoms with Crippen LogP contribution in [0.1, 0.15) is 48.8 Å². The van der Waals surface area contributed by atoms with Crippen molar-refractivity contribution in [2.75, 3.05) is 6.54 Å². The van der Waals surface area contributed by atoms with Gasteiger partial charge in [0.15, 0.2) is 5.69 Å². The van der Waals surface area contributed by atoms with Crippen molar-refractivity contribution in [3.05, 3.63) is 40.7 Å². The number of rotatable bonds is 9. The Morgan fingerprint density at radius 1 is 1.28 bits per heavy atom. The molecule has 0 unspecified atom stereocenters. The highest BCUT2D eigenvalue weighted by molar-refractivity contribution is 6.30. The van der Waals surface area contributed by atoms with Crippen LogP contribution in [0.5, 0.6) is 0 Å². The van der Waals surface area contributed by atoms with E-state index in [1.807, 2.05) is 19.1 Å². The van der Waals surface area contributed by atoms with Crippen LogP contribution in [0.25, 0.3) is 5.69 Å². The molecule has 2 aromatic rings. The predicted molar refractivity (Wildman–Crippen MR) is 94.2 cm³/mol. The van der Waals surface area contributed by atoms with Crippen molar-refractivity contribution in [2.24, 2.45) is 0 Å². The lowest BCUT2D eigenvalue weighted by Gasteiger charge is -2.07. The quantitative estimate of drug-likeness (QED) is 0.667. The van der Waals surface area contributed by atoms with Crippen molar-refractivity contribution >= 4 is 23.5 Å². The van der Waals surface area contributed by atoms with E-state index in [2.05, 4.69) is 15.6 Å². The van der Waals surface area contributed by atoms with Gasteiger partial charge in [-0.05, 0) is 37.5 Å². The van der Waals surface area contributed by atoms with Gasteiger partial charge < -0.3 is 10.4 Å². The molecular formula is C17H21ClN4O3. The molecule has 0 saturated heterocycles. The summed E-state index contributed by atoms with van der Waals surface area (Å²) in [6.45, 7) is 2.41. The van der Waals surface area contributed by atoms with Crippen LogP contribution in [0.2, 0.25) is 5.02 Å². The average Bonchev–Trinajstić information content (AvgIpc) is 3.01. The maximum Gasteiger partial charge on any atom is 0.303 e. The van der Waals surface area contributed by atoms with E-state index in [1.165, 1.54) is 0 Å². The molecule has 7 nitrogen and oxygen atoms in total. The van der Waals surface area contributed by atoms with Gasteiger partial charge in [-0.1, -0.05) is 36.2 Å². The van der Waals surface area contributed by atoms with Crippen LogP contribution in [0.3, 0.4) is 0 Å². The minimum absolute atomic E-state index is 0.155. The Morgan fingerprint density at radius 2 is 2.08 bits per heavy atom. The first-order chi connectivity index (χ1) is 12.0. The SMILES string of the molecule is CCc1c(C(=O)NCCCCCC(=O)O)nnn1-c1cccc(Cl)c1. The summed E-state index contributed by atoms with van der Waals surface area (Å²) in [7, 11) is 0. The van der Waals surface area contributed by atoms with Crippen LogP contribution in [-0.2, 0) is 11.2 Å². The number of unbranched alkanes of at least 4 members (excludes halogenated alkanes) is 2. The van der Waals surface area contributed by atoms with E-state index in [0.717, 1.165) is 18.5 Å². The number of nitrogens with one attached hydrogen (secondary N) is 1. The first kappa shape index (κ1) is 18.9. The minimum atomic E-state index is -0.797. The monoisotopic (exact) mass is 364 g/mol. The maximum absolute atomic E-state index is 12.3. The molecule has 0 aliphatic carbocycles. The zero-order valence-corrected chi connectivity index (χ0v) is 14.8. The molecule has 0 bridgehead atoms. The van der Waals surface area contributed by atoms with Gasteiger partial charge in [-0.15, -0.1) is 5.10 Å². The maximum atomic E-state index is 12.3. The van der Waals surface area contributed by atoms with E-state index in [9.17, 15) is 9.59 Å². The number of hydrogen-bond acceptors (Lipinski definition) is 4. The highest BCUT2D eigenvalue weighted by Gasteiger charge is 2.19. The number of carbonyl (C=O) groups excluding carboxylic acids is 1. The third-order valence-corrected chi connectivity index (χ3v) is 3.95. The zero-order chi connectivity index (χ0) is 18.2. The predicted octanol–water partition coefficient (Wildman–Crippen LogP) is 2.86. The van der Waals surface area contributed by atoms with Crippen LogP contribution in [0, 0.1) is 0 Å². The fourth-order valence-electron chi connectivity index (χ4n) is 2.47. The van der Waals surface area contributed by atoms with Crippen molar-refractivity contribution in [3.63, 3.8) is 0 Å². The smallest absolute Gasteiger partial charge is 0.303 e. The van der Waals surface area contributed by atoms with Gasteiger partial charge in [0.25, 0.3) is 5.91 Å². The number of nitrogens with zero attached hydrogens (tertiary/aromatic N) is 3.